The zero-order valence-corrected chi connectivity index (χ0v) is 10.0. The van der Waals surface area contributed by atoms with Crippen LogP contribution in [-0.4, -0.2) is 30.1 Å². The number of rotatable bonds is 6. The van der Waals surface area contributed by atoms with Crippen LogP contribution in [0.15, 0.2) is 23.8 Å². The summed E-state index contributed by atoms with van der Waals surface area (Å²) in [6.07, 6.45) is 7.77. The lowest BCUT2D eigenvalue weighted by molar-refractivity contribution is -0.134. The molecule has 17 heavy (non-hydrogen) atoms. The second-order valence-electron chi connectivity index (χ2n) is 4.06. The van der Waals surface area contributed by atoms with E-state index >= 15 is 0 Å². The molecule has 94 valence electrons. The number of Topliss-reactive ketones (excluding diaryl/α,β-unsaturated/α-hetero) is 1. The van der Waals surface area contributed by atoms with Crippen LogP contribution < -0.4 is 0 Å². The van der Waals surface area contributed by atoms with Gasteiger partial charge in [0.05, 0.1) is 13.2 Å². The highest BCUT2D eigenvalue weighted by molar-refractivity contribution is 5.98. The van der Waals surface area contributed by atoms with Crippen molar-refractivity contribution in [2.45, 2.75) is 38.2 Å². The van der Waals surface area contributed by atoms with E-state index in [0.717, 1.165) is 24.8 Å². The Morgan fingerprint density at radius 2 is 2.35 bits per heavy atom. The highest BCUT2D eigenvalue weighted by atomic mass is 16.5. The van der Waals surface area contributed by atoms with Crippen LogP contribution in [0.1, 0.15) is 32.1 Å². The highest BCUT2D eigenvalue weighted by Crippen LogP contribution is 2.20. The number of esters is 1. The van der Waals surface area contributed by atoms with Crippen LogP contribution in [0, 0.1) is 0 Å². The number of aliphatic hydroxyl groups excluding tert-OH is 1. The first-order chi connectivity index (χ1) is 8.13. The van der Waals surface area contributed by atoms with E-state index < -0.39 is 6.10 Å². The molecule has 0 aliphatic heterocycles. The van der Waals surface area contributed by atoms with Crippen LogP contribution >= 0.6 is 0 Å². The topological polar surface area (TPSA) is 63.6 Å². The Balaban J connectivity index is 2.13. The number of hydrogen-bond acceptors (Lipinski definition) is 4. The van der Waals surface area contributed by atoms with E-state index in [-0.39, 0.29) is 18.2 Å². The molecule has 0 saturated carbocycles. The predicted molar refractivity (Wildman–Crippen MR) is 63.3 cm³/mol. The van der Waals surface area contributed by atoms with E-state index in [4.69, 9.17) is 0 Å². The Labute approximate surface area is 101 Å². The van der Waals surface area contributed by atoms with Crippen LogP contribution in [0.2, 0.25) is 0 Å². The Bertz CT molecular complexity index is 341. The minimum absolute atomic E-state index is 0.0580. The van der Waals surface area contributed by atoms with Crippen molar-refractivity contribution in [1.82, 2.24) is 0 Å². The summed E-state index contributed by atoms with van der Waals surface area (Å²) in [5, 5.41) is 9.24. The first-order valence-corrected chi connectivity index (χ1v) is 5.80. The van der Waals surface area contributed by atoms with Gasteiger partial charge in [-0.1, -0.05) is 6.08 Å². The Morgan fingerprint density at radius 3 is 2.94 bits per heavy atom. The van der Waals surface area contributed by atoms with Crippen LogP contribution in [0.5, 0.6) is 0 Å². The zero-order chi connectivity index (χ0) is 12.7. The number of allylic oxidation sites excluding steroid dienone is 2. The van der Waals surface area contributed by atoms with Crippen LogP contribution in [0.4, 0.5) is 0 Å². The maximum Gasteiger partial charge on any atom is 0.330 e. The number of hydrogen-bond donors (Lipinski definition) is 1. The third-order valence-electron chi connectivity index (χ3n) is 2.67. The van der Waals surface area contributed by atoms with E-state index in [1.807, 2.05) is 0 Å². The molecule has 1 unspecified atom stereocenters. The van der Waals surface area contributed by atoms with Gasteiger partial charge in [0, 0.05) is 12.5 Å². The molecular weight excluding hydrogens is 220 g/mol. The van der Waals surface area contributed by atoms with Gasteiger partial charge in [0.1, 0.15) is 0 Å². The average molecular weight is 238 g/mol. The zero-order valence-electron chi connectivity index (χ0n) is 10.0. The fourth-order valence-corrected chi connectivity index (χ4v) is 1.75. The van der Waals surface area contributed by atoms with E-state index in [2.05, 4.69) is 4.74 Å². The number of methoxy groups -OCH3 is 1. The first kappa shape index (κ1) is 13.6. The molecule has 1 aliphatic carbocycles. The van der Waals surface area contributed by atoms with Gasteiger partial charge in [0.15, 0.2) is 5.78 Å². The number of aliphatic hydroxyl groups is 1. The number of ether oxygens (including phenoxy) is 1. The SMILES string of the molecule is COC(=O)/C=C/CCCCC1=CC(O)CC1=O. The summed E-state index contributed by atoms with van der Waals surface area (Å²) in [5.74, 6) is -0.288. The lowest BCUT2D eigenvalue weighted by Crippen LogP contribution is -2.01. The van der Waals surface area contributed by atoms with Gasteiger partial charge < -0.3 is 9.84 Å². The third kappa shape index (κ3) is 4.95. The maximum absolute atomic E-state index is 11.3. The monoisotopic (exact) mass is 238 g/mol. The first-order valence-electron chi connectivity index (χ1n) is 5.80. The van der Waals surface area contributed by atoms with E-state index in [1.54, 1.807) is 12.2 Å². The Kier molecular flexibility index (Phi) is 5.63. The summed E-state index contributed by atoms with van der Waals surface area (Å²) < 4.78 is 4.46. The number of carbonyl (C=O) groups excluding carboxylic acids is 2. The van der Waals surface area contributed by atoms with Crippen molar-refractivity contribution < 1.29 is 19.4 Å². The van der Waals surface area contributed by atoms with Crippen LogP contribution in [0.25, 0.3) is 0 Å². The molecule has 0 saturated heterocycles. The summed E-state index contributed by atoms with van der Waals surface area (Å²) in [5.41, 5.74) is 0.745. The smallest absolute Gasteiger partial charge is 0.330 e. The molecule has 0 aromatic heterocycles. The molecule has 0 fully saturated rings. The molecule has 0 amide bonds. The van der Waals surface area contributed by atoms with Crippen molar-refractivity contribution in [1.29, 1.82) is 0 Å². The summed E-state index contributed by atoms with van der Waals surface area (Å²) in [7, 11) is 1.34. The molecule has 0 aromatic carbocycles. The van der Waals surface area contributed by atoms with Gasteiger partial charge in [-0.25, -0.2) is 4.79 Å². The largest absolute Gasteiger partial charge is 0.466 e. The summed E-state index contributed by atoms with van der Waals surface area (Å²) in [6.45, 7) is 0. The van der Waals surface area contributed by atoms with Gasteiger partial charge in [-0.05, 0) is 37.3 Å². The molecular formula is C13H18O4. The van der Waals surface area contributed by atoms with Gasteiger partial charge in [-0.2, -0.15) is 0 Å². The summed E-state index contributed by atoms with van der Waals surface area (Å²) in [6, 6.07) is 0. The number of ketones is 1. The van der Waals surface area contributed by atoms with Gasteiger partial charge in [0.25, 0.3) is 0 Å². The second kappa shape index (κ2) is 7.01. The number of carbonyl (C=O) groups is 2. The van der Waals surface area contributed by atoms with E-state index in [9.17, 15) is 14.7 Å². The quantitative estimate of drug-likeness (QED) is 0.433. The Morgan fingerprint density at radius 1 is 1.59 bits per heavy atom. The van der Waals surface area contributed by atoms with Crippen molar-refractivity contribution in [3.63, 3.8) is 0 Å². The predicted octanol–water partition coefficient (Wildman–Crippen LogP) is 1.54. The Hall–Kier alpha value is -1.42. The molecule has 4 nitrogen and oxygen atoms in total. The maximum atomic E-state index is 11.3. The van der Waals surface area contributed by atoms with Gasteiger partial charge in [-0.15, -0.1) is 0 Å². The minimum atomic E-state index is -0.586. The van der Waals surface area contributed by atoms with Crippen molar-refractivity contribution in [2.24, 2.45) is 0 Å². The molecule has 1 aliphatic rings. The van der Waals surface area contributed by atoms with Crippen LogP contribution in [-0.2, 0) is 14.3 Å². The molecule has 0 aromatic rings. The standard InChI is InChI=1S/C13H18O4/c1-17-13(16)7-5-3-2-4-6-10-8-11(14)9-12(10)15/h5,7-8,11,14H,2-4,6,9H2,1H3/b7-5+. The summed E-state index contributed by atoms with van der Waals surface area (Å²) >= 11 is 0. The van der Waals surface area contributed by atoms with Crippen molar-refractivity contribution in [3.8, 4) is 0 Å². The lowest BCUT2D eigenvalue weighted by Gasteiger charge is -1.98. The molecule has 1 rings (SSSR count). The average Bonchev–Trinajstić information content (AvgIpc) is 2.62. The highest BCUT2D eigenvalue weighted by Gasteiger charge is 2.20. The van der Waals surface area contributed by atoms with E-state index in [0.29, 0.717) is 6.42 Å². The second-order valence-corrected chi connectivity index (χ2v) is 4.06. The molecule has 0 heterocycles. The minimum Gasteiger partial charge on any atom is -0.466 e. The molecule has 1 N–H and O–H groups in total. The van der Waals surface area contributed by atoms with Gasteiger partial charge in [-0.3, -0.25) is 4.79 Å². The fourth-order valence-electron chi connectivity index (χ4n) is 1.75. The summed E-state index contributed by atoms with van der Waals surface area (Å²) in [4.78, 5) is 22.1. The lowest BCUT2D eigenvalue weighted by atomic mass is 10.1. The van der Waals surface area contributed by atoms with Crippen LogP contribution in [0.3, 0.4) is 0 Å². The molecule has 0 spiro atoms. The fraction of sp³-hybridized carbons (Fsp3) is 0.538. The molecule has 4 heteroatoms. The van der Waals surface area contributed by atoms with Gasteiger partial charge >= 0.3 is 5.97 Å². The van der Waals surface area contributed by atoms with Crippen molar-refractivity contribution in [2.75, 3.05) is 7.11 Å². The molecule has 0 radical (unpaired) electrons. The number of unbranched alkanes of at least 4 members (excludes halogenated alkanes) is 2. The van der Waals surface area contributed by atoms with E-state index in [1.165, 1.54) is 13.2 Å². The van der Waals surface area contributed by atoms with Crippen molar-refractivity contribution in [3.05, 3.63) is 23.8 Å². The van der Waals surface area contributed by atoms with Gasteiger partial charge in [0.2, 0.25) is 0 Å². The molecule has 0 bridgehead atoms. The molecule has 1 atom stereocenters. The van der Waals surface area contributed by atoms with Crippen molar-refractivity contribution >= 4 is 11.8 Å². The third-order valence-corrected chi connectivity index (χ3v) is 2.67. The normalized spacial score (nSPS) is 19.8.